The second-order valence-electron chi connectivity index (χ2n) is 6.51. The molecule has 0 bridgehead atoms. The minimum atomic E-state index is -0.394. The van der Waals surface area contributed by atoms with E-state index in [0.29, 0.717) is 18.5 Å². The number of nitrogens with zero attached hydrogens (tertiary/aromatic N) is 1. The van der Waals surface area contributed by atoms with E-state index < -0.39 is 6.04 Å². The number of carbonyl (C=O) groups excluding carboxylic acids is 2. The summed E-state index contributed by atoms with van der Waals surface area (Å²) in [6.45, 7) is 0.582. The van der Waals surface area contributed by atoms with Crippen molar-refractivity contribution in [2.75, 3.05) is 6.54 Å². The molecule has 4 nitrogen and oxygen atoms in total. The summed E-state index contributed by atoms with van der Waals surface area (Å²) in [5, 5.41) is 3.11. The fraction of sp³-hybridized carbons (Fsp3) is 0.556. The first-order valence-electron chi connectivity index (χ1n) is 8.52. The number of likely N-dealkylation sites (tertiary alicyclic amines) is 1. The molecule has 1 aromatic carbocycles. The van der Waals surface area contributed by atoms with Crippen molar-refractivity contribution in [1.29, 1.82) is 0 Å². The molecule has 0 unspecified atom stereocenters. The van der Waals surface area contributed by atoms with Gasteiger partial charge in [-0.3, -0.25) is 9.59 Å². The van der Waals surface area contributed by atoms with E-state index >= 15 is 0 Å². The first kappa shape index (κ1) is 16.0. The molecule has 1 aromatic rings. The molecule has 0 aromatic heterocycles. The van der Waals surface area contributed by atoms with Gasteiger partial charge in [0, 0.05) is 18.2 Å². The van der Waals surface area contributed by atoms with Gasteiger partial charge in [-0.15, -0.1) is 0 Å². The molecule has 23 heavy (non-hydrogen) atoms. The Morgan fingerprint density at radius 2 is 1.70 bits per heavy atom. The number of benzene rings is 1. The maximum absolute atomic E-state index is 13.0. The molecule has 3 rings (SSSR count). The van der Waals surface area contributed by atoms with Crippen molar-refractivity contribution in [2.24, 2.45) is 0 Å². The maximum atomic E-state index is 13.0. The summed E-state index contributed by atoms with van der Waals surface area (Å²) < 4.78 is 13.0. The summed E-state index contributed by atoms with van der Waals surface area (Å²) in [5.74, 6) is -0.592. The number of hydrogen-bond donors (Lipinski definition) is 1. The molecule has 124 valence electrons. The van der Waals surface area contributed by atoms with Gasteiger partial charge in [0.25, 0.3) is 5.91 Å². The van der Waals surface area contributed by atoms with Crippen molar-refractivity contribution < 1.29 is 14.0 Å². The Bertz CT molecular complexity index is 567. The lowest BCUT2D eigenvalue weighted by Gasteiger charge is -2.28. The zero-order chi connectivity index (χ0) is 16.2. The topological polar surface area (TPSA) is 49.4 Å². The molecule has 1 saturated heterocycles. The van der Waals surface area contributed by atoms with Gasteiger partial charge in [0.15, 0.2) is 0 Å². The van der Waals surface area contributed by atoms with E-state index in [1.807, 2.05) is 0 Å². The van der Waals surface area contributed by atoms with Crippen molar-refractivity contribution in [1.82, 2.24) is 10.2 Å². The number of carbonyl (C=O) groups is 2. The number of hydrogen-bond acceptors (Lipinski definition) is 2. The van der Waals surface area contributed by atoms with Gasteiger partial charge in [0.2, 0.25) is 5.91 Å². The van der Waals surface area contributed by atoms with Crippen LogP contribution in [-0.4, -0.2) is 35.3 Å². The maximum Gasteiger partial charge on any atom is 0.254 e. The quantitative estimate of drug-likeness (QED) is 0.931. The predicted molar refractivity (Wildman–Crippen MR) is 85.5 cm³/mol. The molecule has 5 heteroatoms. The third kappa shape index (κ3) is 3.71. The normalized spacial score (nSPS) is 22.1. The van der Waals surface area contributed by atoms with E-state index in [4.69, 9.17) is 0 Å². The molecule has 2 aliphatic rings. The Morgan fingerprint density at radius 1 is 1.00 bits per heavy atom. The highest BCUT2D eigenvalue weighted by molar-refractivity contribution is 5.98. The highest BCUT2D eigenvalue weighted by Crippen LogP contribution is 2.22. The summed E-state index contributed by atoms with van der Waals surface area (Å²) in [6.07, 6.45) is 7.16. The Labute approximate surface area is 136 Å². The highest BCUT2D eigenvalue weighted by atomic mass is 19.1. The average molecular weight is 318 g/mol. The Kier molecular flexibility index (Phi) is 4.94. The summed E-state index contributed by atoms with van der Waals surface area (Å²) >= 11 is 0. The highest BCUT2D eigenvalue weighted by Gasteiger charge is 2.35. The van der Waals surface area contributed by atoms with Crippen molar-refractivity contribution in [3.05, 3.63) is 35.6 Å². The minimum absolute atomic E-state index is 0.0372. The first-order chi connectivity index (χ1) is 11.1. The SMILES string of the molecule is O=C(NC1CCCCC1)[C@@H]1CCCN1C(=O)c1ccc(F)cc1. The number of halogens is 1. The van der Waals surface area contributed by atoms with Crippen LogP contribution in [0.15, 0.2) is 24.3 Å². The number of rotatable bonds is 3. The van der Waals surface area contributed by atoms with Gasteiger partial charge in [0.05, 0.1) is 0 Å². The molecular formula is C18H23FN2O2. The van der Waals surface area contributed by atoms with Crippen molar-refractivity contribution in [2.45, 2.75) is 57.0 Å². The molecule has 1 N–H and O–H groups in total. The summed E-state index contributed by atoms with van der Waals surface area (Å²) in [4.78, 5) is 26.8. The van der Waals surface area contributed by atoms with Crippen molar-refractivity contribution >= 4 is 11.8 Å². The largest absolute Gasteiger partial charge is 0.352 e. The van der Waals surface area contributed by atoms with Crippen LogP contribution in [0.5, 0.6) is 0 Å². The molecule has 2 amide bonds. The fourth-order valence-electron chi connectivity index (χ4n) is 3.58. The van der Waals surface area contributed by atoms with Crippen LogP contribution >= 0.6 is 0 Å². The first-order valence-corrected chi connectivity index (χ1v) is 8.52. The zero-order valence-corrected chi connectivity index (χ0v) is 13.3. The Balaban J connectivity index is 1.65. The second-order valence-corrected chi connectivity index (χ2v) is 6.51. The van der Waals surface area contributed by atoms with Crippen LogP contribution in [0.4, 0.5) is 4.39 Å². The number of nitrogens with one attached hydrogen (secondary N) is 1. The third-order valence-electron chi connectivity index (χ3n) is 4.86. The molecule has 1 atom stereocenters. The van der Waals surface area contributed by atoms with Crippen LogP contribution in [0.2, 0.25) is 0 Å². The lowest BCUT2D eigenvalue weighted by atomic mass is 9.95. The average Bonchev–Trinajstić information content (AvgIpc) is 3.05. The Hall–Kier alpha value is -1.91. The minimum Gasteiger partial charge on any atom is -0.352 e. The van der Waals surface area contributed by atoms with E-state index in [-0.39, 0.29) is 23.7 Å². The lowest BCUT2D eigenvalue weighted by Crippen LogP contribution is -2.49. The molecule has 1 aliphatic carbocycles. The van der Waals surface area contributed by atoms with Gasteiger partial charge in [-0.25, -0.2) is 4.39 Å². The molecule has 0 radical (unpaired) electrons. The predicted octanol–water partition coefficient (Wildman–Crippen LogP) is 2.88. The molecule has 1 saturated carbocycles. The monoisotopic (exact) mass is 318 g/mol. The smallest absolute Gasteiger partial charge is 0.254 e. The van der Waals surface area contributed by atoms with Crippen LogP contribution in [-0.2, 0) is 4.79 Å². The molecular weight excluding hydrogens is 295 g/mol. The lowest BCUT2D eigenvalue weighted by molar-refractivity contribution is -0.125. The van der Waals surface area contributed by atoms with Crippen LogP contribution in [0.3, 0.4) is 0 Å². The number of amides is 2. The van der Waals surface area contributed by atoms with Crippen LogP contribution < -0.4 is 5.32 Å². The van der Waals surface area contributed by atoms with E-state index in [1.54, 1.807) is 4.90 Å². The van der Waals surface area contributed by atoms with Crippen LogP contribution in [0.25, 0.3) is 0 Å². The van der Waals surface area contributed by atoms with Crippen molar-refractivity contribution in [3.8, 4) is 0 Å². The summed E-state index contributed by atoms with van der Waals surface area (Å²) in [7, 11) is 0. The van der Waals surface area contributed by atoms with Gasteiger partial charge in [-0.05, 0) is 49.9 Å². The van der Waals surface area contributed by atoms with Gasteiger partial charge in [-0.1, -0.05) is 19.3 Å². The van der Waals surface area contributed by atoms with Crippen LogP contribution in [0, 0.1) is 5.82 Å². The fourth-order valence-corrected chi connectivity index (χ4v) is 3.58. The summed E-state index contributed by atoms with van der Waals surface area (Å²) in [6, 6.07) is 5.37. The van der Waals surface area contributed by atoms with E-state index in [2.05, 4.69) is 5.32 Å². The molecule has 1 aliphatic heterocycles. The van der Waals surface area contributed by atoms with Gasteiger partial charge >= 0.3 is 0 Å². The third-order valence-corrected chi connectivity index (χ3v) is 4.86. The summed E-state index contributed by atoms with van der Waals surface area (Å²) in [5.41, 5.74) is 0.434. The van der Waals surface area contributed by atoms with E-state index in [1.165, 1.54) is 30.7 Å². The molecule has 1 heterocycles. The Morgan fingerprint density at radius 3 is 2.39 bits per heavy atom. The van der Waals surface area contributed by atoms with E-state index in [0.717, 1.165) is 32.1 Å². The van der Waals surface area contributed by atoms with Crippen molar-refractivity contribution in [3.63, 3.8) is 0 Å². The standard InChI is InChI=1S/C18H23FN2O2/c19-14-10-8-13(9-11-14)18(23)21-12-4-7-16(21)17(22)20-15-5-2-1-3-6-15/h8-11,15-16H,1-7,12H2,(H,20,22)/t16-/m0/s1. The van der Waals surface area contributed by atoms with Gasteiger partial charge in [-0.2, -0.15) is 0 Å². The van der Waals surface area contributed by atoms with E-state index in [9.17, 15) is 14.0 Å². The van der Waals surface area contributed by atoms with Gasteiger partial charge < -0.3 is 10.2 Å². The van der Waals surface area contributed by atoms with Crippen LogP contribution in [0.1, 0.15) is 55.3 Å². The molecule has 2 fully saturated rings. The molecule has 0 spiro atoms. The zero-order valence-electron chi connectivity index (χ0n) is 13.3. The second kappa shape index (κ2) is 7.11. The van der Waals surface area contributed by atoms with Gasteiger partial charge in [0.1, 0.15) is 11.9 Å².